The number of halogens is 3. The predicted molar refractivity (Wildman–Crippen MR) is 73.4 cm³/mol. The van der Waals surface area contributed by atoms with Gasteiger partial charge in [-0.25, -0.2) is 0 Å². The summed E-state index contributed by atoms with van der Waals surface area (Å²) in [6, 6.07) is 3.18. The highest BCUT2D eigenvalue weighted by atomic mass is 35.5. The van der Waals surface area contributed by atoms with E-state index in [1.807, 2.05) is 6.92 Å². The minimum atomic E-state index is -1.38. The second-order valence-electron chi connectivity index (χ2n) is 4.26. The maximum atomic E-state index is 10.6. The van der Waals surface area contributed by atoms with Crippen LogP contribution in [0.1, 0.15) is 12.5 Å². The Morgan fingerprint density at radius 2 is 1.94 bits per heavy atom. The van der Waals surface area contributed by atoms with Crippen LogP contribution in [-0.2, 0) is 10.5 Å². The maximum Gasteiger partial charge on any atom is 0.205 e. The first-order valence-corrected chi connectivity index (χ1v) is 6.83. The van der Waals surface area contributed by atoms with Crippen LogP contribution in [0, 0.1) is 0 Å². The molecule has 2 rings (SSSR count). The van der Waals surface area contributed by atoms with E-state index in [9.17, 15) is 5.11 Å². The van der Waals surface area contributed by atoms with Gasteiger partial charge in [-0.1, -0.05) is 41.7 Å². The van der Waals surface area contributed by atoms with Crippen molar-refractivity contribution in [3.05, 3.63) is 32.8 Å². The fourth-order valence-corrected chi connectivity index (χ4v) is 2.59. The quantitative estimate of drug-likeness (QED) is 0.852. The Balaban J connectivity index is 2.35. The number of morpholine rings is 1. The average molecular weight is 311 g/mol. The van der Waals surface area contributed by atoms with Gasteiger partial charge in [0, 0.05) is 12.1 Å². The van der Waals surface area contributed by atoms with E-state index in [4.69, 9.17) is 39.5 Å². The molecule has 0 aliphatic carbocycles. The van der Waals surface area contributed by atoms with Crippen molar-refractivity contribution in [1.82, 2.24) is 4.90 Å². The lowest BCUT2D eigenvalue weighted by Gasteiger charge is -2.39. The first-order chi connectivity index (χ1) is 8.46. The monoisotopic (exact) mass is 309 g/mol. The first kappa shape index (κ1) is 14.4. The van der Waals surface area contributed by atoms with E-state index in [-0.39, 0.29) is 5.02 Å². The van der Waals surface area contributed by atoms with E-state index in [1.54, 1.807) is 12.1 Å². The van der Waals surface area contributed by atoms with Gasteiger partial charge in [-0.15, -0.1) is 0 Å². The number of aliphatic hydroxyl groups is 1. The third-order valence-corrected chi connectivity index (χ3v) is 4.27. The minimum Gasteiger partial charge on any atom is -0.361 e. The van der Waals surface area contributed by atoms with Gasteiger partial charge < -0.3 is 9.84 Å². The molecular weight excluding hydrogens is 296 g/mol. The number of benzene rings is 1. The molecule has 1 heterocycles. The van der Waals surface area contributed by atoms with E-state index >= 15 is 0 Å². The van der Waals surface area contributed by atoms with Crippen LogP contribution in [0.25, 0.3) is 0 Å². The molecule has 1 atom stereocenters. The molecule has 0 amide bonds. The Kier molecular flexibility index (Phi) is 4.42. The molecule has 18 heavy (non-hydrogen) atoms. The van der Waals surface area contributed by atoms with Gasteiger partial charge in [0.1, 0.15) is 0 Å². The van der Waals surface area contributed by atoms with Crippen molar-refractivity contribution in [3.8, 4) is 0 Å². The summed E-state index contributed by atoms with van der Waals surface area (Å²) in [6.07, 6.45) is 0. The molecule has 1 fully saturated rings. The number of β-amino-alcohol motifs (C(OH)–C–C–N with tert-alkyl or cyclic N) is 1. The van der Waals surface area contributed by atoms with Gasteiger partial charge in [-0.2, -0.15) is 0 Å². The first-order valence-electron chi connectivity index (χ1n) is 5.70. The molecule has 1 unspecified atom stereocenters. The van der Waals surface area contributed by atoms with Gasteiger partial charge in [-0.3, -0.25) is 4.90 Å². The normalized spacial score (nSPS) is 25.4. The summed E-state index contributed by atoms with van der Waals surface area (Å²) in [5.41, 5.74) is 0.528. The summed E-state index contributed by atoms with van der Waals surface area (Å²) < 4.78 is 5.49. The molecule has 0 radical (unpaired) electrons. The molecular formula is C12H14Cl3NO2. The smallest absolute Gasteiger partial charge is 0.205 e. The molecule has 1 aliphatic heterocycles. The van der Waals surface area contributed by atoms with Crippen LogP contribution in [0.2, 0.25) is 15.1 Å². The van der Waals surface area contributed by atoms with Gasteiger partial charge in [0.25, 0.3) is 0 Å². The highest BCUT2D eigenvalue weighted by Crippen LogP contribution is 2.36. The highest BCUT2D eigenvalue weighted by Gasteiger charge is 2.36. The van der Waals surface area contributed by atoms with E-state index in [1.165, 1.54) is 0 Å². The molecule has 3 nitrogen and oxygen atoms in total. The lowest BCUT2D eigenvalue weighted by atomic mass is 10.0. The topological polar surface area (TPSA) is 32.7 Å². The van der Waals surface area contributed by atoms with Gasteiger partial charge in [0.2, 0.25) is 5.79 Å². The SMILES string of the molecule is CCN1CCOC(O)(c2cc(Cl)c(Cl)c(Cl)c2)C1. The molecule has 1 N–H and O–H groups in total. The Morgan fingerprint density at radius 3 is 2.50 bits per heavy atom. The molecule has 1 aliphatic rings. The Labute approximate surface area is 121 Å². The molecule has 1 aromatic rings. The number of hydrogen-bond acceptors (Lipinski definition) is 3. The Hall–Kier alpha value is -0.0300. The van der Waals surface area contributed by atoms with Crippen LogP contribution in [-0.4, -0.2) is 36.2 Å². The average Bonchev–Trinajstić information content (AvgIpc) is 2.35. The van der Waals surface area contributed by atoms with Gasteiger partial charge in [0.05, 0.1) is 28.2 Å². The number of likely N-dealkylation sites (N-methyl/N-ethyl adjacent to an activating group) is 1. The zero-order valence-electron chi connectivity index (χ0n) is 9.92. The van der Waals surface area contributed by atoms with Crippen molar-refractivity contribution < 1.29 is 9.84 Å². The van der Waals surface area contributed by atoms with E-state index < -0.39 is 5.79 Å². The lowest BCUT2D eigenvalue weighted by molar-refractivity contribution is -0.247. The number of hydrogen-bond donors (Lipinski definition) is 1. The van der Waals surface area contributed by atoms with E-state index in [0.29, 0.717) is 28.8 Å². The summed E-state index contributed by atoms with van der Waals surface area (Å²) in [5, 5.41) is 11.5. The van der Waals surface area contributed by atoms with Crippen LogP contribution in [0.5, 0.6) is 0 Å². The van der Waals surface area contributed by atoms with Gasteiger partial charge in [0.15, 0.2) is 0 Å². The molecule has 0 bridgehead atoms. The summed E-state index contributed by atoms with van der Waals surface area (Å²) >= 11 is 17.8. The van der Waals surface area contributed by atoms with Crippen molar-refractivity contribution in [3.63, 3.8) is 0 Å². The van der Waals surface area contributed by atoms with Crippen LogP contribution in [0.3, 0.4) is 0 Å². The number of nitrogens with zero attached hydrogens (tertiary/aromatic N) is 1. The third-order valence-electron chi connectivity index (χ3n) is 3.07. The van der Waals surface area contributed by atoms with Crippen molar-refractivity contribution in [2.45, 2.75) is 12.7 Å². The molecule has 100 valence electrons. The number of ether oxygens (including phenoxy) is 1. The third kappa shape index (κ3) is 2.77. The zero-order valence-corrected chi connectivity index (χ0v) is 12.2. The van der Waals surface area contributed by atoms with Crippen molar-refractivity contribution in [2.75, 3.05) is 26.2 Å². The van der Waals surface area contributed by atoms with Crippen LogP contribution in [0.15, 0.2) is 12.1 Å². The van der Waals surface area contributed by atoms with Gasteiger partial charge in [-0.05, 0) is 18.7 Å². The molecule has 0 spiro atoms. The molecule has 1 aromatic carbocycles. The van der Waals surface area contributed by atoms with E-state index in [2.05, 4.69) is 4.90 Å². The van der Waals surface area contributed by atoms with E-state index in [0.717, 1.165) is 13.1 Å². The standard InChI is InChI=1S/C12H14Cl3NO2/c1-2-16-3-4-18-12(17,7-16)8-5-9(13)11(15)10(14)6-8/h5-6,17H,2-4,7H2,1H3. The fourth-order valence-electron chi connectivity index (χ4n) is 2.00. The Bertz CT molecular complexity index is 432. The summed E-state index contributed by atoms with van der Waals surface area (Å²) in [5.74, 6) is -1.38. The van der Waals surface area contributed by atoms with Gasteiger partial charge >= 0.3 is 0 Å². The second kappa shape index (κ2) is 5.53. The largest absolute Gasteiger partial charge is 0.361 e. The molecule has 0 aromatic heterocycles. The second-order valence-corrected chi connectivity index (χ2v) is 5.45. The van der Waals surface area contributed by atoms with Crippen LogP contribution in [0.4, 0.5) is 0 Å². The van der Waals surface area contributed by atoms with Crippen LogP contribution >= 0.6 is 34.8 Å². The maximum absolute atomic E-state index is 10.6. The zero-order chi connectivity index (χ0) is 13.3. The minimum absolute atomic E-state index is 0.286. The summed E-state index contributed by atoms with van der Waals surface area (Å²) in [6.45, 7) is 4.53. The molecule has 6 heteroatoms. The van der Waals surface area contributed by atoms with Crippen molar-refractivity contribution in [2.24, 2.45) is 0 Å². The molecule has 1 saturated heterocycles. The lowest BCUT2D eigenvalue weighted by Crippen LogP contribution is -2.49. The Morgan fingerprint density at radius 1 is 1.33 bits per heavy atom. The molecule has 0 saturated carbocycles. The van der Waals surface area contributed by atoms with Crippen LogP contribution < -0.4 is 0 Å². The predicted octanol–water partition coefficient (Wildman–Crippen LogP) is 3.14. The highest BCUT2D eigenvalue weighted by molar-refractivity contribution is 6.48. The fraction of sp³-hybridized carbons (Fsp3) is 0.500. The number of rotatable bonds is 2. The van der Waals surface area contributed by atoms with Crippen molar-refractivity contribution in [1.29, 1.82) is 0 Å². The van der Waals surface area contributed by atoms with Crippen molar-refractivity contribution >= 4 is 34.8 Å². The summed E-state index contributed by atoms with van der Waals surface area (Å²) in [7, 11) is 0. The summed E-state index contributed by atoms with van der Waals surface area (Å²) in [4.78, 5) is 2.10.